The van der Waals surface area contributed by atoms with Gasteiger partial charge in [0.05, 0.1) is 29.3 Å². The predicted molar refractivity (Wildman–Crippen MR) is 107 cm³/mol. The van der Waals surface area contributed by atoms with Crippen LogP contribution in [0.1, 0.15) is 12.1 Å². The van der Waals surface area contributed by atoms with E-state index in [-0.39, 0.29) is 23.5 Å². The van der Waals surface area contributed by atoms with E-state index < -0.39 is 28.7 Å². The van der Waals surface area contributed by atoms with Crippen LogP contribution in [0.5, 0.6) is 0 Å². The highest BCUT2D eigenvalue weighted by Crippen LogP contribution is 2.09. The van der Waals surface area contributed by atoms with E-state index in [0.29, 0.717) is 17.9 Å². The molecule has 3 heterocycles. The molecule has 1 aliphatic heterocycles. The van der Waals surface area contributed by atoms with Crippen molar-refractivity contribution < 1.29 is 18.0 Å². The van der Waals surface area contributed by atoms with E-state index in [4.69, 9.17) is 0 Å². The molecule has 164 valence electrons. The first kappa shape index (κ1) is 22.2. The minimum Gasteiger partial charge on any atom is -0.350 e. The van der Waals surface area contributed by atoms with Crippen molar-refractivity contribution in [2.45, 2.75) is 13.0 Å². The lowest BCUT2D eigenvalue weighted by Crippen LogP contribution is -2.44. The molecule has 1 aliphatic rings. The quantitative estimate of drug-likeness (QED) is 0.566. The molecular weight excluding hydrogens is 415 g/mol. The first-order valence-corrected chi connectivity index (χ1v) is 9.40. The lowest BCUT2D eigenvalue weighted by atomic mass is 9.99. The highest BCUT2D eigenvalue weighted by Gasteiger charge is 2.20. The number of hydrogen-bond donors (Lipinski definition) is 3. The van der Waals surface area contributed by atoms with E-state index in [1.165, 1.54) is 19.2 Å². The van der Waals surface area contributed by atoms with Gasteiger partial charge in [0, 0.05) is 19.5 Å². The van der Waals surface area contributed by atoms with Gasteiger partial charge in [0.1, 0.15) is 17.5 Å². The summed E-state index contributed by atoms with van der Waals surface area (Å²) in [5.41, 5.74) is -0.608. The van der Waals surface area contributed by atoms with Crippen LogP contribution < -0.4 is 21.9 Å². The van der Waals surface area contributed by atoms with Gasteiger partial charge < -0.3 is 15.6 Å². The Bertz CT molecular complexity index is 1220. The zero-order valence-corrected chi connectivity index (χ0v) is 16.5. The maximum Gasteiger partial charge on any atom is 0.328 e. The first-order valence-electron chi connectivity index (χ1n) is 9.40. The molecule has 0 bridgehead atoms. The van der Waals surface area contributed by atoms with Crippen molar-refractivity contribution in [1.82, 2.24) is 25.2 Å². The number of carbonyl (C=O) groups excluding carboxylic acids is 1. The molecule has 0 radical (unpaired) electrons. The second-order valence-electron chi connectivity index (χ2n) is 7.07. The third-order valence-corrected chi connectivity index (χ3v) is 4.74. The molecule has 0 spiro atoms. The summed E-state index contributed by atoms with van der Waals surface area (Å²) >= 11 is 0. The number of H-pyrrole nitrogens is 1. The molecule has 0 atom stereocenters. The Labute approximate surface area is 174 Å². The highest BCUT2D eigenvalue weighted by molar-refractivity contribution is 5.77. The number of aromatic amines is 1. The Hall–Kier alpha value is -3.47. The number of nitrogens with zero attached hydrogens (tertiary/aromatic N) is 2. The number of benzene rings is 1. The monoisotopic (exact) mass is 435 g/mol. The Kier molecular flexibility index (Phi) is 6.85. The van der Waals surface area contributed by atoms with E-state index >= 15 is 0 Å². The lowest BCUT2D eigenvalue weighted by molar-refractivity contribution is -0.122. The zero-order valence-electron chi connectivity index (χ0n) is 16.5. The van der Waals surface area contributed by atoms with Crippen LogP contribution >= 0.6 is 0 Å². The topological polar surface area (TPSA) is 109 Å². The first-order chi connectivity index (χ1) is 14.7. The van der Waals surface area contributed by atoms with Crippen molar-refractivity contribution >= 4 is 16.8 Å². The number of carbonyl (C=O) groups is 1. The summed E-state index contributed by atoms with van der Waals surface area (Å²) in [4.78, 5) is 40.1. The summed E-state index contributed by atoms with van der Waals surface area (Å²) in [5.74, 6) is -1.74. The zero-order chi connectivity index (χ0) is 22.5. The maximum absolute atomic E-state index is 13.2. The largest absolute Gasteiger partial charge is 0.350 e. The maximum atomic E-state index is 13.2. The minimum atomic E-state index is -0.740. The number of halogens is 3. The predicted octanol–water partition coefficient (Wildman–Crippen LogP) is 0.951. The average molecular weight is 435 g/mol. The molecule has 8 nitrogen and oxygen atoms in total. The van der Waals surface area contributed by atoms with Crippen molar-refractivity contribution in [3.05, 3.63) is 74.4 Å². The van der Waals surface area contributed by atoms with Gasteiger partial charge >= 0.3 is 5.69 Å². The van der Waals surface area contributed by atoms with E-state index in [0.717, 1.165) is 36.0 Å². The van der Waals surface area contributed by atoms with Gasteiger partial charge in [0.25, 0.3) is 5.56 Å². The van der Waals surface area contributed by atoms with Crippen LogP contribution in [-0.4, -0.2) is 33.5 Å². The number of fused-ring (bicyclic) bond motifs is 1. The van der Waals surface area contributed by atoms with Crippen molar-refractivity contribution in [2.24, 2.45) is 13.0 Å². The van der Waals surface area contributed by atoms with Crippen LogP contribution in [0.25, 0.3) is 10.9 Å². The van der Waals surface area contributed by atoms with E-state index in [1.807, 2.05) is 0 Å². The van der Waals surface area contributed by atoms with Crippen LogP contribution in [0.15, 0.2) is 40.1 Å². The molecule has 0 aliphatic carbocycles. The Balaban J connectivity index is 0.000000179. The fourth-order valence-corrected chi connectivity index (χ4v) is 2.86. The summed E-state index contributed by atoms with van der Waals surface area (Å²) in [6.45, 7) is 1.68. The molecule has 0 unspecified atom stereocenters. The van der Waals surface area contributed by atoms with E-state index in [1.54, 1.807) is 0 Å². The molecule has 11 heteroatoms. The highest BCUT2D eigenvalue weighted by atomic mass is 19.1. The third kappa shape index (κ3) is 5.57. The van der Waals surface area contributed by atoms with Crippen LogP contribution in [0.2, 0.25) is 0 Å². The number of pyridine rings is 1. The second kappa shape index (κ2) is 9.56. The lowest BCUT2D eigenvalue weighted by Gasteiger charge is -2.26. The number of nitrogens with one attached hydrogen (secondary N) is 3. The third-order valence-electron chi connectivity index (χ3n) is 4.74. The van der Waals surface area contributed by atoms with Crippen LogP contribution in [-0.2, 0) is 18.4 Å². The number of rotatable bonds is 4. The summed E-state index contributed by atoms with van der Waals surface area (Å²) < 4.78 is 39.5. The van der Waals surface area contributed by atoms with Gasteiger partial charge in [-0.25, -0.2) is 18.0 Å². The Morgan fingerprint density at radius 2 is 1.94 bits per heavy atom. The Morgan fingerprint density at radius 1 is 1.19 bits per heavy atom. The minimum absolute atomic E-state index is 0.00883. The number of aromatic nitrogens is 3. The average Bonchev–Trinajstić information content (AvgIpc) is 2.70. The van der Waals surface area contributed by atoms with Crippen LogP contribution in [0, 0.1) is 23.4 Å². The van der Waals surface area contributed by atoms with Crippen LogP contribution in [0.4, 0.5) is 13.2 Å². The van der Waals surface area contributed by atoms with E-state index in [2.05, 4.69) is 20.6 Å². The fourth-order valence-electron chi connectivity index (χ4n) is 2.86. The molecular formula is C20H20F3N5O3. The smallest absolute Gasteiger partial charge is 0.328 e. The molecule has 1 aromatic carbocycles. The Morgan fingerprint density at radius 3 is 2.58 bits per heavy atom. The summed E-state index contributed by atoms with van der Waals surface area (Å²) in [6, 6.07) is 4.42. The van der Waals surface area contributed by atoms with Crippen molar-refractivity contribution in [3.63, 3.8) is 0 Å². The van der Waals surface area contributed by atoms with Gasteiger partial charge in [0.2, 0.25) is 5.91 Å². The second-order valence-corrected chi connectivity index (χ2v) is 7.07. The molecule has 0 saturated carbocycles. The molecule has 3 N–H and O–H groups in total. The summed E-state index contributed by atoms with van der Waals surface area (Å²) in [5, 5.41) is 5.80. The SMILES string of the molecule is Cn1c(=O)[nH]c2ccc(F)cc2c1=O.O=C(CC1CNC1)NCc1ncc(F)cc1F. The van der Waals surface area contributed by atoms with Crippen molar-refractivity contribution in [3.8, 4) is 0 Å². The standard InChI is InChI=1S/C11H13F2N3O.C9H7FN2O2/c12-8-2-9(13)10(15-5-8)6-16-11(17)1-7-3-14-4-7;1-12-8(13)6-4-5(10)2-3-7(6)11-9(12)14/h2,5,7,14H,1,3-4,6H2,(H,16,17);2-4H,1H3,(H,11,14). The molecule has 31 heavy (non-hydrogen) atoms. The van der Waals surface area contributed by atoms with Crippen LogP contribution in [0.3, 0.4) is 0 Å². The van der Waals surface area contributed by atoms with Gasteiger partial charge in [0.15, 0.2) is 0 Å². The van der Waals surface area contributed by atoms with Gasteiger partial charge in [-0.3, -0.25) is 19.1 Å². The van der Waals surface area contributed by atoms with E-state index in [9.17, 15) is 27.6 Å². The van der Waals surface area contributed by atoms with Crippen molar-refractivity contribution in [2.75, 3.05) is 13.1 Å². The number of amides is 1. The molecule has 3 aromatic rings. The summed E-state index contributed by atoms with van der Waals surface area (Å²) in [6.07, 6.45) is 1.36. The van der Waals surface area contributed by atoms with Gasteiger partial charge in [-0.15, -0.1) is 0 Å². The van der Waals surface area contributed by atoms with Gasteiger partial charge in [-0.05, 0) is 37.2 Å². The van der Waals surface area contributed by atoms with Gasteiger partial charge in [-0.1, -0.05) is 0 Å². The van der Waals surface area contributed by atoms with Gasteiger partial charge in [-0.2, -0.15) is 0 Å². The molecule has 4 rings (SSSR count). The molecule has 2 aromatic heterocycles. The van der Waals surface area contributed by atoms with Crippen molar-refractivity contribution in [1.29, 1.82) is 0 Å². The molecule has 1 saturated heterocycles. The normalized spacial score (nSPS) is 13.3. The fraction of sp³-hybridized carbons (Fsp3) is 0.300. The molecule has 1 amide bonds. The number of hydrogen-bond acceptors (Lipinski definition) is 5. The molecule has 1 fully saturated rings. The summed E-state index contributed by atoms with van der Waals surface area (Å²) in [7, 11) is 1.34.